The number of rotatable bonds is 10. The van der Waals surface area contributed by atoms with Crippen LogP contribution in [-0.4, -0.2) is 79.7 Å². The predicted octanol–water partition coefficient (Wildman–Crippen LogP) is 1.75. The van der Waals surface area contributed by atoms with Crippen LogP contribution < -0.4 is 0 Å². The molecular formula is C19H31FN2O3. The zero-order valence-electron chi connectivity index (χ0n) is 15.4. The minimum atomic E-state index is -0.535. The number of aliphatic hydroxyl groups excluding tert-OH is 1. The van der Waals surface area contributed by atoms with E-state index in [1.165, 1.54) is 12.1 Å². The van der Waals surface area contributed by atoms with E-state index in [0.29, 0.717) is 19.7 Å². The van der Waals surface area contributed by atoms with Crippen LogP contribution in [0, 0.1) is 5.82 Å². The number of hydrogen-bond donors (Lipinski definition) is 1. The first-order chi connectivity index (χ1) is 12.0. The normalized spacial score (nSPS) is 17.4. The summed E-state index contributed by atoms with van der Waals surface area (Å²) in [5.74, 6) is -0.228. The van der Waals surface area contributed by atoms with Crippen molar-refractivity contribution in [3.05, 3.63) is 35.6 Å². The first-order valence-corrected chi connectivity index (χ1v) is 9.09. The number of hydrogen-bond acceptors (Lipinski definition) is 5. The molecule has 1 aliphatic heterocycles. The summed E-state index contributed by atoms with van der Waals surface area (Å²) in [6.07, 6.45) is -0.430. The quantitative estimate of drug-likeness (QED) is 0.694. The van der Waals surface area contributed by atoms with Gasteiger partial charge in [0.1, 0.15) is 5.82 Å². The second kappa shape index (κ2) is 10.8. The van der Waals surface area contributed by atoms with Crippen molar-refractivity contribution in [3.8, 4) is 0 Å². The molecule has 0 amide bonds. The van der Waals surface area contributed by atoms with Gasteiger partial charge in [-0.15, -0.1) is 0 Å². The van der Waals surface area contributed by atoms with Gasteiger partial charge in [0.05, 0.1) is 32.0 Å². The Morgan fingerprint density at radius 1 is 1.24 bits per heavy atom. The summed E-state index contributed by atoms with van der Waals surface area (Å²) < 4.78 is 24.0. The Bertz CT molecular complexity index is 478. The van der Waals surface area contributed by atoms with Gasteiger partial charge in [0, 0.05) is 39.3 Å². The van der Waals surface area contributed by atoms with Crippen LogP contribution in [0.25, 0.3) is 0 Å². The van der Waals surface area contributed by atoms with E-state index in [9.17, 15) is 9.50 Å². The lowest BCUT2D eigenvalue weighted by atomic mass is 10.2. The maximum Gasteiger partial charge on any atom is 0.123 e. The van der Waals surface area contributed by atoms with Crippen molar-refractivity contribution in [2.75, 3.05) is 52.5 Å². The Labute approximate surface area is 150 Å². The standard InChI is InChI=1S/C19H31FN2O3/c1-16(2)25-15-19(23)14-22(8-7-21-9-11-24-12-10-21)13-17-3-5-18(20)6-4-17/h3-6,16,19,23H,7-15H2,1-2H3/t19-/m1/s1. The fraction of sp³-hybridized carbons (Fsp3) is 0.684. The largest absolute Gasteiger partial charge is 0.389 e. The molecule has 0 aliphatic carbocycles. The number of benzene rings is 1. The average molecular weight is 354 g/mol. The average Bonchev–Trinajstić information content (AvgIpc) is 2.61. The third-order valence-electron chi connectivity index (χ3n) is 4.25. The van der Waals surface area contributed by atoms with Gasteiger partial charge in [0.25, 0.3) is 0 Å². The highest BCUT2D eigenvalue weighted by Gasteiger charge is 2.16. The first kappa shape index (κ1) is 20.3. The summed E-state index contributed by atoms with van der Waals surface area (Å²) in [7, 11) is 0. The molecule has 1 saturated heterocycles. The molecule has 1 heterocycles. The van der Waals surface area contributed by atoms with E-state index in [4.69, 9.17) is 9.47 Å². The molecule has 1 aromatic carbocycles. The summed E-state index contributed by atoms with van der Waals surface area (Å²) in [5, 5.41) is 10.3. The van der Waals surface area contributed by atoms with E-state index in [1.54, 1.807) is 12.1 Å². The van der Waals surface area contributed by atoms with Crippen LogP contribution >= 0.6 is 0 Å². The molecule has 2 rings (SSSR count). The molecule has 0 bridgehead atoms. The van der Waals surface area contributed by atoms with E-state index in [0.717, 1.165) is 45.0 Å². The first-order valence-electron chi connectivity index (χ1n) is 9.09. The van der Waals surface area contributed by atoms with Crippen LogP contribution in [0.4, 0.5) is 4.39 Å². The van der Waals surface area contributed by atoms with Crippen LogP contribution in [0.2, 0.25) is 0 Å². The van der Waals surface area contributed by atoms with Gasteiger partial charge in [-0.2, -0.15) is 0 Å². The minimum Gasteiger partial charge on any atom is -0.389 e. The van der Waals surface area contributed by atoms with E-state index in [1.807, 2.05) is 13.8 Å². The van der Waals surface area contributed by atoms with Crippen LogP contribution in [-0.2, 0) is 16.0 Å². The molecule has 142 valence electrons. The highest BCUT2D eigenvalue weighted by atomic mass is 19.1. The molecule has 1 fully saturated rings. The molecule has 0 aromatic heterocycles. The SMILES string of the molecule is CC(C)OC[C@H](O)CN(CCN1CCOCC1)Cc1ccc(F)cc1. The van der Waals surface area contributed by atoms with Gasteiger partial charge in [-0.25, -0.2) is 4.39 Å². The zero-order chi connectivity index (χ0) is 18.1. The van der Waals surface area contributed by atoms with Gasteiger partial charge in [0.15, 0.2) is 0 Å². The Hall–Kier alpha value is -1.05. The Balaban J connectivity index is 1.88. The summed E-state index contributed by atoms with van der Waals surface area (Å²) in [4.78, 5) is 4.58. The molecule has 5 nitrogen and oxygen atoms in total. The fourth-order valence-corrected chi connectivity index (χ4v) is 2.84. The zero-order valence-corrected chi connectivity index (χ0v) is 15.4. The molecule has 0 saturated carbocycles. The summed E-state index contributed by atoms with van der Waals surface area (Å²) in [5.41, 5.74) is 1.04. The lowest BCUT2D eigenvalue weighted by Gasteiger charge is -2.31. The van der Waals surface area contributed by atoms with E-state index < -0.39 is 6.10 Å². The predicted molar refractivity (Wildman–Crippen MR) is 96.0 cm³/mol. The summed E-state index contributed by atoms with van der Waals surface area (Å²) in [6.45, 7) is 10.7. The minimum absolute atomic E-state index is 0.105. The number of aliphatic hydroxyl groups is 1. The van der Waals surface area contributed by atoms with Gasteiger partial charge in [-0.05, 0) is 31.5 Å². The molecule has 0 unspecified atom stereocenters. The highest BCUT2D eigenvalue weighted by Crippen LogP contribution is 2.09. The summed E-state index contributed by atoms with van der Waals surface area (Å²) >= 11 is 0. The van der Waals surface area contributed by atoms with Crippen molar-refractivity contribution in [3.63, 3.8) is 0 Å². The van der Waals surface area contributed by atoms with Gasteiger partial charge in [-0.1, -0.05) is 12.1 Å². The number of nitrogens with zero attached hydrogens (tertiary/aromatic N) is 2. The van der Waals surface area contributed by atoms with Crippen molar-refractivity contribution in [2.24, 2.45) is 0 Å². The Kier molecular flexibility index (Phi) is 8.78. The van der Waals surface area contributed by atoms with Crippen LogP contribution in [0.1, 0.15) is 19.4 Å². The molecule has 6 heteroatoms. The van der Waals surface area contributed by atoms with Crippen molar-refractivity contribution in [1.29, 1.82) is 0 Å². The van der Waals surface area contributed by atoms with Crippen LogP contribution in [0.15, 0.2) is 24.3 Å². The van der Waals surface area contributed by atoms with Crippen molar-refractivity contribution >= 4 is 0 Å². The van der Waals surface area contributed by atoms with E-state index in [-0.39, 0.29) is 11.9 Å². The second-order valence-electron chi connectivity index (χ2n) is 6.85. The monoisotopic (exact) mass is 354 g/mol. The maximum atomic E-state index is 13.1. The number of ether oxygens (including phenoxy) is 2. The molecule has 1 aromatic rings. The highest BCUT2D eigenvalue weighted by molar-refractivity contribution is 5.15. The van der Waals surface area contributed by atoms with Gasteiger partial charge in [-0.3, -0.25) is 9.80 Å². The maximum absolute atomic E-state index is 13.1. The Morgan fingerprint density at radius 2 is 1.92 bits per heavy atom. The van der Waals surface area contributed by atoms with Crippen molar-refractivity contribution < 1.29 is 19.0 Å². The lowest BCUT2D eigenvalue weighted by Crippen LogP contribution is -2.43. The lowest BCUT2D eigenvalue weighted by molar-refractivity contribution is -0.0129. The third-order valence-corrected chi connectivity index (χ3v) is 4.25. The third kappa shape index (κ3) is 8.25. The van der Waals surface area contributed by atoms with Gasteiger partial charge in [0.2, 0.25) is 0 Å². The number of morpholine rings is 1. The molecule has 1 N–H and O–H groups in total. The van der Waals surface area contributed by atoms with Crippen LogP contribution in [0.5, 0.6) is 0 Å². The molecule has 25 heavy (non-hydrogen) atoms. The molecular weight excluding hydrogens is 323 g/mol. The van der Waals surface area contributed by atoms with Gasteiger partial charge < -0.3 is 14.6 Å². The molecule has 0 radical (unpaired) electrons. The second-order valence-corrected chi connectivity index (χ2v) is 6.85. The molecule has 1 aliphatic rings. The Morgan fingerprint density at radius 3 is 2.56 bits per heavy atom. The summed E-state index contributed by atoms with van der Waals surface area (Å²) in [6, 6.07) is 6.56. The van der Waals surface area contributed by atoms with E-state index in [2.05, 4.69) is 9.80 Å². The van der Waals surface area contributed by atoms with E-state index >= 15 is 0 Å². The molecule has 0 spiro atoms. The smallest absolute Gasteiger partial charge is 0.123 e. The van der Waals surface area contributed by atoms with Crippen molar-refractivity contribution in [2.45, 2.75) is 32.6 Å². The topological polar surface area (TPSA) is 45.2 Å². The fourth-order valence-electron chi connectivity index (χ4n) is 2.84. The van der Waals surface area contributed by atoms with Crippen molar-refractivity contribution in [1.82, 2.24) is 9.80 Å². The van der Waals surface area contributed by atoms with Crippen LogP contribution in [0.3, 0.4) is 0 Å². The molecule has 1 atom stereocenters. The van der Waals surface area contributed by atoms with Gasteiger partial charge >= 0.3 is 0 Å². The number of halogens is 1.